The number of carboxylic acid groups (broad SMARTS) is 1. The molecule has 0 aromatic heterocycles. The Labute approximate surface area is 100 Å². The van der Waals surface area contributed by atoms with E-state index >= 15 is 0 Å². The fourth-order valence-electron chi connectivity index (χ4n) is 1.93. The Morgan fingerprint density at radius 2 is 1.94 bits per heavy atom. The zero-order chi connectivity index (χ0) is 12.3. The Morgan fingerprint density at radius 1 is 1.24 bits per heavy atom. The molecule has 0 saturated heterocycles. The number of hydrogen-bond donors (Lipinski definition) is 2. The predicted molar refractivity (Wildman–Crippen MR) is 69.3 cm³/mol. The van der Waals surface area contributed by atoms with Crippen molar-refractivity contribution in [2.75, 3.05) is 5.32 Å². The second-order valence-electron chi connectivity index (χ2n) is 4.17. The van der Waals surface area contributed by atoms with Crippen LogP contribution in [0, 0.1) is 0 Å². The summed E-state index contributed by atoms with van der Waals surface area (Å²) in [6.07, 6.45) is 0.114. The Balaban J connectivity index is 2.26. The van der Waals surface area contributed by atoms with Gasteiger partial charge in [-0.25, -0.2) is 0 Å². The summed E-state index contributed by atoms with van der Waals surface area (Å²) in [6.45, 7) is 1.87. The number of anilines is 1. The van der Waals surface area contributed by atoms with Crippen LogP contribution in [0.15, 0.2) is 42.5 Å². The molecule has 17 heavy (non-hydrogen) atoms. The second kappa shape index (κ2) is 4.87. The summed E-state index contributed by atoms with van der Waals surface area (Å²) in [4.78, 5) is 10.6. The van der Waals surface area contributed by atoms with Crippen LogP contribution in [0.3, 0.4) is 0 Å². The van der Waals surface area contributed by atoms with Crippen molar-refractivity contribution < 1.29 is 9.90 Å². The molecular weight excluding hydrogens is 214 g/mol. The molecule has 0 amide bonds. The van der Waals surface area contributed by atoms with Gasteiger partial charge in [0.2, 0.25) is 0 Å². The number of fused-ring (bicyclic) bond motifs is 1. The standard InChI is InChI=1S/C14H15NO2/c1-10(9-14(16)17)15-13-8-4-6-11-5-2-3-7-12(11)13/h2-8,10,15H,9H2,1H3,(H,16,17)/t10-/m0/s1. The maximum atomic E-state index is 10.6. The number of carboxylic acids is 1. The molecule has 3 heteroatoms. The topological polar surface area (TPSA) is 49.3 Å². The first-order valence-electron chi connectivity index (χ1n) is 5.63. The molecule has 2 rings (SSSR count). The van der Waals surface area contributed by atoms with Crippen LogP contribution in [0.25, 0.3) is 10.8 Å². The SMILES string of the molecule is C[C@@H](CC(=O)O)Nc1cccc2ccccc12. The number of benzene rings is 2. The molecule has 3 nitrogen and oxygen atoms in total. The van der Waals surface area contributed by atoms with Gasteiger partial charge >= 0.3 is 5.97 Å². The highest BCUT2D eigenvalue weighted by Gasteiger charge is 2.08. The van der Waals surface area contributed by atoms with Crippen LogP contribution in [0.5, 0.6) is 0 Å². The molecule has 0 unspecified atom stereocenters. The summed E-state index contributed by atoms with van der Waals surface area (Å²) in [5.74, 6) is -0.787. The van der Waals surface area contributed by atoms with Crippen molar-refractivity contribution in [1.29, 1.82) is 0 Å². The number of hydrogen-bond acceptors (Lipinski definition) is 2. The lowest BCUT2D eigenvalue weighted by atomic mass is 10.1. The van der Waals surface area contributed by atoms with E-state index < -0.39 is 5.97 Å². The average Bonchev–Trinajstić information content (AvgIpc) is 2.28. The molecular formula is C14H15NO2. The molecule has 2 aromatic carbocycles. The van der Waals surface area contributed by atoms with Crippen molar-refractivity contribution in [1.82, 2.24) is 0 Å². The number of carbonyl (C=O) groups is 1. The molecule has 0 aliphatic heterocycles. The molecule has 0 spiro atoms. The zero-order valence-electron chi connectivity index (χ0n) is 9.68. The number of aliphatic carboxylic acids is 1. The molecule has 0 bridgehead atoms. The third kappa shape index (κ3) is 2.75. The fraction of sp³-hybridized carbons (Fsp3) is 0.214. The highest BCUT2D eigenvalue weighted by Crippen LogP contribution is 2.23. The molecule has 0 fully saturated rings. The first-order valence-corrected chi connectivity index (χ1v) is 5.63. The maximum absolute atomic E-state index is 10.6. The lowest BCUT2D eigenvalue weighted by Gasteiger charge is -2.15. The minimum absolute atomic E-state index is 0.0849. The van der Waals surface area contributed by atoms with Crippen LogP contribution in [0.1, 0.15) is 13.3 Å². The summed E-state index contributed by atoms with van der Waals surface area (Å²) in [6, 6.07) is 14.0. The van der Waals surface area contributed by atoms with Gasteiger partial charge < -0.3 is 10.4 Å². The summed E-state index contributed by atoms with van der Waals surface area (Å²) in [7, 11) is 0. The number of rotatable bonds is 4. The van der Waals surface area contributed by atoms with Gasteiger partial charge in [0.15, 0.2) is 0 Å². The third-order valence-electron chi connectivity index (χ3n) is 2.67. The van der Waals surface area contributed by atoms with Crippen LogP contribution in [0.2, 0.25) is 0 Å². The Morgan fingerprint density at radius 3 is 2.71 bits per heavy atom. The van der Waals surface area contributed by atoms with E-state index in [9.17, 15) is 4.79 Å². The smallest absolute Gasteiger partial charge is 0.305 e. The Kier molecular flexibility index (Phi) is 3.28. The highest BCUT2D eigenvalue weighted by atomic mass is 16.4. The molecule has 2 aromatic rings. The van der Waals surface area contributed by atoms with Gasteiger partial charge in [0, 0.05) is 17.1 Å². The lowest BCUT2D eigenvalue weighted by Crippen LogP contribution is -2.19. The molecule has 0 radical (unpaired) electrons. The quantitative estimate of drug-likeness (QED) is 0.846. The van der Waals surface area contributed by atoms with Crippen molar-refractivity contribution in [3.63, 3.8) is 0 Å². The number of nitrogens with one attached hydrogen (secondary N) is 1. The zero-order valence-corrected chi connectivity index (χ0v) is 9.68. The maximum Gasteiger partial charge on any atom is 0.305 e. The van der Waals surface area contributed by atoms with E-state index in [1.54, 1.807) is 0 Å². The summed E-state index contributed by atoms with van der Waals surface area (Å²) in [5.41, 5.74) is 0.983. The van der Waals surface area contributed by atoms with Gasteiger partial charge in [0.1, 0.15) is 0 Å². The first kappa shape index (κ1) is 11.5. The van der Waals surface area contributed by atoms with Crippen LogP contribution < -0.4 is 5.32 Å². The average molecular weight is 229 g/mol. The van der Waals surface area contributed by atoms with E-state index in [1.807, 2.05) is 49.4 Å². The Hall–Kier alpha value is -2.03. The molecule has 0 heterocycles. The first-order chi connectivity index (χ1) is 8.16. The monoisotopic (exact) mass is 229 g/mol. The van der Waals surface area contributed by atoms with Crippen LogP contribution in [-0.4, -0.2) is 17.1 Å². The van der Waals surface area contributed by atoms with Gasteiger partial charge in [-0.05, 0) is 18.4 Å². The minimum atomic E-state index is -0.787. The van der Waals surface area contributed by atoms with E-state index in [4.69, 9.17) is 5.11 Å². The highest BCUT2D eigenvalue weighted by molar-refractivity contribution is 5.93. The van der Waals surface area contributed by atoms with Crippen molar-refractivity contribution in [2.45, 2.75) is 19.4 Å². The summed E-state index contributed by atoms with van der Waals surface area (Å²) in [5, 5.41) is 14.2. The van der Waals surface area contributed by atoms with E-state index in [2.05, 4.69) is 5.32 Å². The van der Waals surface area contributed by atoms with Crippen LogP contribution in [0.4, 0.5) is 5.69 Å². The molecule has 1 atom stereocenters. The van der Waals surface area contributed by atoms with Crippen LogP contribution in [-0.2, 0) is 4.79 Å². The molecule has 2 N–H and O–H groups in total. The van der Waals surface area contributed by atoms with Crippen molar-refractivity contribution in [2.24, 2.45) is 0 Å². The summed E-state index contributed by atoms with van der Waals surface area (Å²) < 4.78 is 0. The van der Waals surface area contributed by atoms with E-state index in [-0.39, 0.29) is 12.5 Å². The lowest BCUT2D eigenvalue weighted by molar-refractivity contribution is -0.137. The third-order valence-corrected chi connectivity index (χ3v) is 2.67. The summed E-state index contributed by atoms with van der Waals surface area (Å²) >= 11 is 0. The van der Waals surface area contributed by atoms with Gasteiger partial charge in [-0.15, -0.1) is 0 Å². The van der Waals surface area contributed by atoms with E-state index in [0.717, 1.165) is 16.5 Å². The van der Waals surface area contributed by atoms with Crippen molar-refractivity contribution in [3.8, 4) is 0 Å². The van der Waals surface area contributed by atoms with E-state index in [0.29, 0.717) is 0 Å². The normalized spacial score (nSPS) is 12.3. The van der Waals surface area contributed by atoms with Crippen molar-refractivity contribution in [3.05, 3.63) is 42.5 Å². The Bertz CT molecular complexity index is 531. The van der Waals surface area contributed by atoms with Gasteiger partial charge in [-0.2, -0.15) is 0 Å². The predicted octanol–water partition coefficient (Wildman–Crippen LogP) is 3.11. The van der Waals surface area contributed by atoms with Crippen LogP contribution >= 0.6 is 0 Å². The molecule has 0 saturated carbocycles. The van der Waals surface area contributed by atoms with Gasteiger partial charge in [0.05, 0.1) is 6.42 Å². The van der Waals surface area contributed by atoms with E-state index in [1.165, 1.54) is 0 Å². The second-order valence-corrected chi connectivity index (χ2v) is 4.17. The van der Waals surface area contributed by atoms with Gasteiger partial charge in [-0.1, -0.05) is 36.4 Å². The molecule has 0 aliphatic carbocycles. The largest absolute Gasteiger partial charge is 0.481 e. The van der Waals surface area contributed by atoms with Gasteiger partial charge in [0.25, 0.3) is 0 Å². The minimum Gasteiger partial charge on any atom is -0.481 e. The van der Waals surface area contributed by atoms with Gasteiger partial charge in [-0.3, -0.25) is 4.79 Å². The molecule has 0 aliphatic rings. The molecule has 88 valence electrons. The van der Waals surface area contributed by atoms with Crippen molar-refractivity contribution >= 4 is 22.4 Å². The fourth-order valence-corrected chi connectivity index (χ4v) is 1.93.